The minimum atomic E-state index is 0.0144. The molecule has 0 aromatic heterocycles. The van der Waals surface area contributed by atoms with Gasteiger partial charge < -0.3 is 9.90 Å². The van der Waals surface area contributed by atoms with Crippen LogP contribution in [0.5, 0.6) is 5.75 Å². The summed E-state index contributed by atoms with van der Waals surface area (Å²) in [7, 11) is 0. The topological polar surface area (TPSA) is 37.3 Å². The Morgan fingerprint density at radius 2 is 2.23 bits per heavy atom. The molecule has 70 valence electrons. The van der Waals surface area contributed by atoms with Crippen molar-refractivity contribution in [1.29, 1.82) is 0 Å². The van der Waals surface area contributed by atoms with Gasteiger partial charge in [-0.3, -0.25) is 0 Å². The fourth-order valence-electron chi connectivity index (χ4n) is 1.29. The monoisotopic (exact) mass is 178 g/mol. The van der Waals surface area contributed by atoms with E-state index >= 15 is 0 Å². The van der Waals surface area contributed by atoms with Gasteiger partial charge in [0.05, 0.1) is 0 Å². The average Bonchev–Trinajstić information content (AvgIpc) is 2.13. The number of aromatic hydroxyl groups is 1. The molecule has 1 N–H and O–H groups in total. The van der Waals surface area contributed by atoms with Gasteiger partial charge in [-0.15, -0.1) is 0 Å². The molecule has 0 saturated carbocycles. The van der Waals surface area contributed by atoms with E-state index in [-0.39, 0.29) is 5.92 Å². The molecule has 0 saturated heterocycles. The molecule has 1 aromatic rings. The number of hydrogen-bond acceptors (Lipinski definition) is 2. The highest BCUT2D eigenvalue weighted by molar-refractivity contribution is 5.54. The van der Waals surface area contributed by atoms with Gasteiger partial charge in [-0.25, -0.2) is 0 Å². The van der Waals surface area contributed by atoms with Gasteiger partial charge in [0, 0.05) is 5.92 Å². The molecule has 2 heteroatoms. The molecule has 0 spiro atoms. The number of phenolic OH excluding ortho intramolecular Hbond substituents is 1. The van der Waals surface area contributed by atoms with E-state index in [1.807, 2.05) is 19.9 Å². The third-order valence-corrected chi connectivity index (χ3v) is 2.19. The van der Waals surface area contributed by atoms with E-state index in [1.165, 1.54) is 0 Å². The molecule has 0 radical (unpaired) electrons. The molecule has 0 aliphatic carbocycles. The van der Waals surface area contributed by atoms with Gasteiger partial charge in [0.2, 0.25) is 0 Å². The molecule has 1 rings (SSSR count). The van der Waals surface area contributed by atoms with Crippen LogP contribution < -0.4 is 0 Å². The molecule has 0 heterocycles. The van der Waals surface area contributed by atoms with E-state index < -0.39 is 0 Å². The summed E-state index contributed by atoms with van der Waals surface area (Å²) in [6.07, 6.45) is 1.63. The van der Waals surface area contributed by atoms with Crippen LogP contribution in [0.4, 0.5) is 0 Å². The third kappa shape index (κ3) is 2.31. The SMILES string of the molecule is Cc1c(O)cccc1CC(C)C=O. The number of benzene rings is 1. The summed E-state index contributed by atoms with van der Waals surface area (Å²) in [4.78, 5) is 10.4. The van der Waals surface area contributed by atoms with Crippen molar-refractivity contribution in [1.82, 2.24) is 0 Å². The molecular formula is C11H14O2. The maximum atomic E-state index is 10.4. The van der Waals surface area contributed by atoms with Crippen molar-refractivity contribution in [2.45, 2.75) is 20.3 Å². The smallest absolute Gasteiger partial charge is 0.123 e. The Kier molecular flexibility index (Phi) is 3.07. The first-order chi connectivity index (χ1) is 6.15. The predicted octanol–water partition coefficient (Wildman–Crippen LogP) is 2.08. The Morgan fingerprint density at radius 3 is 2.85 bits per heavy atom. The zero-order valence-electron chi connectivity index (χ0n) is 7.95. The molecule has 1 atom stereocenters. The molecular weight excluding hydrogens is 164 g/mol. The highest BCUT2D eigenvalue weighted by Crippen LogP contribution is 2.21. The maximum absolute atomic E-state index is 10.4. The number of phenols is 1. The van der Waals surface area contributed by atoms with Gasteiger partial charge in [-0.2, -0.15) is 0 Å². The molecule has 13 heavy (non-hydrogen) atoms. The third-order valence-electron chi connectivity index (χ3n) is 2.19. The molecule has 0 amide bonds. The number of hydrogen-bond donors (Lipinski definition) is 1. The lowest BCUT2D eigenvalue weighted by atomic mass is 9.98. The van der Waals surface area contributed by atoms with Crippen molar-refractivity contribution < 1.29 is 9.90 Å². The minimum Gasteiger partial charge on any atom is -0.508 e. The molecule has 0 fully saturated rings. The lowest BCUT2D eigenvalue weighted by Gasteiger charge is -2.08. The Labute approximate surface area is 78.2 Å². The van der Waals surface area contributed by atoms with Crippen molar-refractivity contribution in [2.24, 2.45) is 5.92 Å². The summed E-state index contributed by atoms with van der Waals surface area (Å²) in [6.45, 7) is 3.73. The first kappa shape index (κ1) is 9.78. The van der Waals surface area contributed by atoms with E-state index in [1.54, 1.807) is 12.1 Å². The Balaban J connectivity index is 2.88. The quantitative estimate of drug-likeness (QED) is 0.719. The summed E-state index contributed by atoms with van der Waals surface area (Å²) < 4.78 is 0. The number of rotatable bonds is 3. The number of carbonyl (C=O) groups is 1. The Morgan fingerprint density at radius 1 is 1.54 bits per heavy atom. The van der Waals surface area contributed by atoms with Crippen LogP contribution in [0.1, 0.15) is 18.1 Å². The average molecular weight is 178 g/mol. The second kappa shape index (κ2) is 4.08. The molecule has 0 aliphatic heterocycles. The normalized spacial score (nSPS) is 12.5. The highest BCUT2D eigenvalue weighted by atomic mass is 16.3. The largest absolute Gasteiger partial charge is 0.508 e. The maximum Gasteiger partial charge on any atom is 0.123 e. The van der Waals surface area contributed by atoms with Crippen molar-refractivity contribution in [2.75, 3.05) is 0 Å². The van der Waals surface area contributed by atoms with Crippen molar-refractivity contribution in [3.63, 3.8) is 0 Å². The van der Waals surface area contributed by atoms with E-state index in [0.29, 0.717) is 12.2 Å². The second-order valence-corrected chi connectivity index (χ2v) is 3.38. The molecule has 1 unspecified atom stereocenters. The van der Waals surface area contributed by atoms with E-state index in [4.69, 9.17) is 0 Å². The molecule has 0 bridgehead atoms. The fourth-order valence-corrected chi connectivity index (χ4v) is 1.29. The Bertz CT molecular complexity index is 305. The standard InChI is InChI=1S/C11H14O2/c1-8(7-12)6-10-4-3-5-11(13)9(10)2/h3-5,7-8,13H,6H2,1-2H3. The van der Waals surface area contributed by atoms with Crippen molar-refractivity contribution in [3.8, 4) is 5.75 Å². The molecule has 2 nitrogen and oxygen atoms in total. The Hall–Kier alpha value is -1.31. The minimum absolute atomic E-state index is 0.0144. The van der Waals surface area contributed by atoms with E-state index in [0.717, 1.165) is 17.4 Å². The second-order valence-electron chi connectivity index (χ2n) is 3.38. The van der Waals surface area contributed by atoms with Crippen LogP contribution in [0.25, 0.3) is 0 Å². The predicted molar refractivity (Wildman–Crippen MR) is 51.8 cm³/mol. The zero-order chi connectivity index (χ0) is 9.84. The van der Waals surface area contributed by atoms with Crippen LogP contribution in [-0.2, 0) is 11.2 Å². The van der Waals surface area contributed by atoms with Crippen LogP contribution in [0.15, 0.2) is 18.2 Å². The highest BCUT2D eigenvalue weighted by Gasteiger charge is 2.06. The van der Waals surface area contributed by atoms with Gasteiger partial charge in [-0.05, 0) is 30.5 Å². The first-order valence-electron chi connectivity index (χ1n) is 4.38. The lowest BCUT2D eigenvalue weighted by Crippen LogP contribution is -2.02. The summed E-state index contributed by atoms with van der Waals surface area (Å²) in [5.41, 5.74) is 1.91. The fraction of sp³-hybridized carbons (Fsp3) is 0.364. The van der Waals surface area contributed by atoms with Crippen molar-refractivity contribution in [3.05, 3.63) is 29.3 Å². The van der Waals surface area contributed by atoms with Crippen LogP contribution in [0.2, 0.25) is 0 Å². The van der Waals surface area contributed by atoms with Crippen LogP contribution in [-0.4, -0.2) is 11.4 Å². The molecule has 1 aromatic carbocycles. The van der Waals surface area contributed by atoms with Crippen LogP contribution in [0, 0.1) is 12.8 Å². The van der Waals surface area contributed by atoms with Crippen molar-refractivity contribution >= 4 is 6.29 Å². The van der Waals surface area contributed by atoms with Crippen LogP contribution >= 0.6 is 0 Å². The number of carbonyl (C=O) groups excluding carboxylic acids is 1. The summed E-state index contributed by atoms with van der Waals surface area (Å²) in [6, 6.07) is 5.40. The lowest BCUT2D eigenvalue weighted by molar-refractivity contribution is -0.110. The van der Waals surface area contributed by atoms with Gasteiger partial charge in [0.15, 0.2) is 0 Å². The van der Waals surface area contributed by atoms with Gasteiger partial charge in [0.1, 0.15) is 12.0 Å². The van der Waals surface area contributed by atoms with E-state index in [9.17, 15) is 9.90 Å². The molecule has 0 aliphatic rings. The summed E-state index contributed by atoms with van der Waals surface area (Å²) in [5, 5.41) is 9.40. The zero-order valence-corrected chi connectivity index (χ0v) is 7.95. The van der Waals surface area contributed by atoms with E-state index in [2.05, 4.69) is 0 Å². The number of aldehydes is 1. The van der Waals surface area contributed by atoms with Gasteiger partial charge >= 0.3 is 0 Å². The van der Waals surface area contributed by atoms with Crippen LogP contribution in [0.3, 0.4) is 0 Å². The first-order valence-corrected chi connectivity index (χ1v) is 4.38. The van der Waals surface area contributed by atoms with Gasteiger partial charge in [-0.1, -0.05) is 19.1 Å². The van der Waals surface area contributed by atoms with Gasteiger partial charge in [0.25, 0.3) is 0 Å². The summed E-state index contributed by atoms with van der Waals surface area (Å²) in [5.74, 6) is 0.316. The summed E-state index contributed by atoms with van der Waals surface area (Å²) >= 11 is 0.